The van der Waals surface area contributed by atoms with Gasteiger partial charge in [0, 0.05) is 6.20 Å². The van der Waals surface area contributed by atoms with Crippen molar-refractivity contribution >= 4 is 0 Å². The molecule has 0 bridgehead atoms. The number of hydrogen-bond donors (Lipinski definition) is 1. The fourth-order valence-electron chi connectivity index (χ4n) is 0.534. The van der Waals surface area contributed by atoms with E-state index in [1.165, 1.54) is 0 Å². The molecule has 0 aliphatic carbocycles. The van der Waals surface area contributed by atoms with Crippen LogP contribution in [0.1, 0.15) is 5.56 Å². The van der Waals surface area contributed by atoms with Crippen molar-refractivity contribution in [3.63, 3.8) is 0 Å². The fourth-order valence-corrected chi connectivity index (χ4v) is 0.534. The van der Waals surface area contributed by atoms with E-state index in [9.17, 15) is 18.0 Å². The molecule has 1 N–H and O–H groups in total. The first-order valence-corrected chi connectivity index (χ1v) is 2.68. The van der Waals surface area contributed by atoms with Gasteiger partial charge >= 0.3 is 6.18 Å². The smallest absolute Gasteiger partial charge is 0.328 e. The van der Waals surface area contributed by atoms with Gasteiger partial charge in [-0.2, -0.15) is 13.2 Å². The Labute approximate surface area is 59.7 Å². The quantitative estimate of drug-likeness (QED) is 0.610. The molecule has 0 aliphatic heterocycles. The second-order valence-electron chi connectivity index (χ2n) is 1.86. The first-order valence-electron chi connectivity index (χ1n) is 2.68. The van der Waals surface area contributed by atoms with Crippen LogP contribution in [0, 0.1) is 6.07 Å². The highest BCUT2D eigenvalue weighted by molar-refractivity contribution is 5.11. The van der Waals surface area contributed by atoms with Crippen LogP contribution in [-0.2, 0) is 6.18 Å². The van der Waals surface area contributed by atoms with E-state index < -0.39 is 17.3 Å². The highest BCUT2D eigenvalue weighted by atomic mass is 19.4. The third kappa shape index (κ3) is 1.83. The fraction of sp³-hybridized carbons (Fsp3) is 0.167. The minimum absolute atomic E-state index is 0.610. The molecule has 59 valence electrons. The van der Waals surface area contributed by atoms with Crippen LogP contribution in [0.3, 0.4) is 0 Å². The standard InChI is InChI=1S/C6H3F3NO/c7-6(8,9)4-1-2-5(11)10-3-4/h1,3H,(H,10,11). The maximum Gasteiger partial charge on any atom is 0.417 e. The Morgan fingerprint density at radius 1 is 1.45 bits per heavy atom. The average molecular weight is 162 g/mol. The van der Waals surface area contributed by atoms with Gasteiger partial charge in [0.05, 0.1) is 11.6 Å². The summed E-state index contributed by atoms with van der Waals surface area (Å²) in [6.07, 6.45) is -3.81. The number of halogens is 3. The molecule has 0 fully saturated rings. The summed E-state index contributed by atoms with van der Waals surface area (Å²) in [7, 11) is 0. The minimum Gasteiger partial charge on any atom is -0.328 e. The van der Waals surface area contributed by atoms with Crippen LogP contribution in [0.25, 0.3) is 0 Å². The highest BCUT2D eigenvalue weighted by Gasteiger charge is 2.30. The zero-order valence-corrected chi connectivity index (χ0v) is 5.20. The number of pyridine rings is 1. The van der Waals surface area contributed by atoms with E-state index >= 15 is 0 Å². The SMILES string of the molecule is O=c1[c]cc(C(F)(F)F)c[nH]1. The molecule has 0 aromatic carbocycles. The van der Waals surface area contributed by atoms with Crippen molar-refractivity contribution in [1.29, 1.82) is 0 Å². The van der Waals surface area contributed by atoms with Gasteiger partial charge in [0.2, 0.25) is 0 Å². The van der Waals surface area contributed by atoms with Crippen molar-refractivity contribution in [2.45, 2.75) is 6.18 Å². The van der Waals surface area contributed by atoms with E-state index in [4.69, 9.17) is 0 Å². The second kappa shape index (κ2) is 2.41. The van der Waals surface area contributed by atoms with Crippen LogP contribution in [0.15, 0.2) is 17.1 Å². The van der Waals surface area contributed by atoms with E-state index in [1.807, 2.05) is 11.1 Å². The Balaban J connectivity index is 3.09. The average Bonchev–Trinajstić information content (AvgIpc) is 1.86. The minimum atomic E-state index is -4.42. The van der Waals surface area contributed by atoms with Crippen molar-refractivity contribution < 1.29 is 13.2 Å². The van der Waals surface area contributed by atoms with Gasteiger partial charge in [-0.05, 0) is 6.07 Å². The lowest BCUT2D eigenvalue weighted by Crippen LogP contribution is -2.10. The maximum absolute atomic E-state index is 11.8. The van der Waals surface area contributed by atoms with Gasteiger partial charge in [0.15, 0.2) is 0 Å². The predicted molar refractivity (Wildman–Crippen MR) is 30.9 cm³/mol. The molecule has 0 spiro atoms. The Morgan fingerprint density at radius 2 is 2.09 bits per heavy atom. The zero-order valence-electron chi connectivity index (χ0n) is 5.20. The summed E-state index contributed by atoms with van der Waals surface area (Å²) in [6.45, 7) is 0. The normalized spacial score (nSPS) is 11.5. The van der Waals surface area contributed by atoms with Crippen molar-refractivity contribution in [2.75, 3.05) is 0 Å². The van der Waals surface area contributed by atoms with Crippen molar-refractivity contribution in [1.82, 2.24) is 4.98 Å². The van der Waals surface area contributed by atoms with E-state index in [2.05, 4.69) is 0 Å². The molecule has 5 heteroatoms. The first kappa shape index (κ1) is 7.84. The highest BCUT2D eigenvalue weighted by Crippen LogP contribution is 2.27. The van der Waals surface area contributed by atoms with Crippen LogP contribution in [0.2, 0.25) is 0 Å². The number of nitrogens with one attached hydrogen (secondary N) is 1. The number of aromatic amines is 1. The lowest BCUT2D eigenvalue weighted by Gasteiger charge is -2.03. The molecule has 1 heterocycles. The van der Waals surface area contributed by atoms with Crippen molar-refractivity contribution in [3.05, 3.63) is 34.2 Å². The largest absolute Gasteiger partial charge is 0.417 e. The number of aromatic nitrogens is 1. The third-order valence-corrected chi connectivity index (χ3v) is 1.04. The Bertz CT molecular complexity index is 281. The van der Waals surface area contributed by atoms with Crippen LogP contribution < -0.4 is 5.56 Å². The van der Waals surface area contributed by atoms with Gasteiger partial charge < -0.3 is 4.98 Å². The van der Waals surface area contributed by atoms with Crippen molar-refractivity contribution in [2.24, 2.45) is 0 Å². The molecule has 1 rings (SSSR count). The summed E-state index contributed by atoms with van der Waals surface area (Å²) in [6, 6.07) is 2.49. The van der Waals surface area contributed by atoms with E-state index in [0.29, 0.717) is 12.3 Å². The predicted octanol–water partition coefficient (Wildman–Crippen LogP) is 1.19. The van der Waals surface area contributed by atoms with Gasteiger partial charge in [-0.1, -0.05) is 0 Å². The molecule has 11 heavy (non-hydrogen) atoms. The monoisotopic (exact) mass is 162 g/mol. The topological polar surface area (TPSA) is 32.9 Å². The summed E-state index contributed by atoms with van der Waals surface area (Å²) >= 11 is 0. The van der Waals surface area contributed by atoms with Crippen LogP contribution in [0.4, 0.5) is 13.2 Å². The Morgan fingerprint density at radius 3 is 2.45 bits per heavy atom. The molecule has 0 saturated heterocycles. The molecule has 2 nitrogen and oxygen atoms in total. The van der Waals surface area contributed by atoms with Crippen LogP contribution >= 0.6 is 0 Å². The molecule has 1 radical (unpaired) electrons. The Kier molecular flexibility index (Phi) is 1.72. The maximum atomic E-state index is 11.8. The first-order chi connectivity index (χ1) is 5.00. The van der Waals surface area contributed by atoms with Gasteiger partial charge in [0.1, 0.15) is 0 Å². The molecule has 0 amide bonds. The number of alkyl halides is 3. The van der Waals surface area contributed by atoms with Crippen LogP contribution in [0.5, 0.6) is 0 Å². The molecule has 0 saturated carbocycles. The lowest BCUT2D eigenvalue weighted by atomic mass is 10.3. The van der Waals surface area contributed by atoms with E-state index in [1.54, 1.807) is 0 Å². The number of hydrogen-bond acceptors (Lipinski definition) is 1. The third-order valence-electron chi connectivity index (χ3n) is 1.04. The molecular weight excluding hydrogens is 159 g/mol. The number of rotatable bonds is 0. The van der Waals surface area contributed by atoms with Gasteiger partial charge in [0.25, 0.3) is 5.56 Å². The molecule has 0 aliphatic rings. The molecule has 1 aromatic rings. The van der Waals surface area contributed by atoms with Crippen molar-refractivity contribution in [3.8, 4) is 0 Å². The second-order valence-corrected chi connectivity index (χ2v) is 1.86. The molecular formula is C6H3F3NO. The van der Waals surface area contributed by atoms with Gasteiger partial charge in [-0.25, -0.2) is 0 Å². The molecule has 0 atom stereocenters. The van der Waals surface area contributed by atoms with Gasteiger partial charge in [-0.15, -0.1) is 0 Å². The summed E-state index contributed by atoms with van der Waals surface area (Å²) < 4.78 is 35.3. The summed E-state index contributed by atoms with van der Waals surface area (Å²) in [4.78, 5) is 12.1. The molecule has 1 aromatic heterocycles. The molecule has 0 unspecified atom stereocenters. The summed E-state index contributed by atoms with van der Waals surface area (Å²) in [5.41, 5.74) is -1.57. The summed E-state index contributed by atoms with van der Waals surface area (Å²) in [5.74, 6) is 0. The lowest BCUT2D eigenvalue weighted by molar-refractivity contribution is -0.137. The van der Waals surface area contributed by atoms with E-state index in [-0.39, 0.29) is 0 Å². The van der Waals surface area contributed by atoms with Crippen LogP contribution in [-0.4, -0.2) is 4.98 Å². The number of H-pyrrole nitrogens is 1. The van der Waals surface area contributed by atoms with E-state index in [0.717, 1.165) is 0 Å². The van der Waals surface area contributed by atoms with Gasteiger partial charge in [-0.3, -0.25) is 4.79 Å². The zero-order chi connectivity index (χ0) is 8.48. The Hall–Kier alpha value is -1.26. The summed E-state index contributed by atoms with van der Waals surface area (Å²) in [5, 5.41) is 0.